The average molecular weight is 396 g/mol. The van der Waals surface area contributed by atoms with Crippen molar-refractivity contribution in [2.24, 2.45) is 5.92 Å². The van der Waals surface area contributed by atoms with Gasteiger partial charge in [-0.1, -0.05) is 23.7 Å². The Kier molecular flexibility index (Phi) is 7.07. The van der Waals surface area contributed by atoms with E-state index in [-0.39, 0.29) is 24.6 Å². The smallest absolute Gasteiger partial charge is 0.244 e. The highest BCUT2D eigenvalue weighted by Gasteiger charge is 2.31. The van der Waals surface area contributed by atoms with Crippen LogP contribution in [-0.2, 0) is 19.1 Å². The summed E-state index contributed by atoms with van der Waals surface area (Å²) < 4.78 is 11.2. The Morgan fingerprint density at radius 1 is 1.22 bits per heavy atom. The van der Waals surface area contributed by atoms with Crippen LogP contribution in [0.2, 0.25) is 5.02 Å². The fourth-order valence-corrected chi connectivity index (χ4v) is 3.58. The molecule has 7 nitrogen and oxygen atoms in total. The number of piperidine rings is 1. The molecule has 2 aliphatic rings. The lowest BCUT2D eigenvalue weighted by atomic mass is 9.96. The number of carbonyl (C=O) groups excluding carboxylic acids is 2. The zero-order chi connectivity index (χ0) is 19.2. The number of nitrogens with zero attached hydrogens (tertiary/aromatic N) is 2. The molecule has 2 aliphatic heterocycles. The van der Waals surface area contributed by atoms with Crippen LogP contribution in [-0.4, -0.2) is 74.3 Å². The second kappa shape index (κ2) is 9.50. The van der Waals surface area contributed by atoms with Crippen molar-refractivity contribution in [1.29, 1.82) is 0 Å². The Morgan fingerprint density at radius 2 is 1.89 bits per heavy atom. The predicted molar refractivity (Wildman–Crippen MR) is 103 cm³/mol. The van der Waals surface area contributed by atoms with E-state index < -0.39 is 0 Å². The van der Waals surface area contributed by atoms with Crippen molar-refractivity contribution in [3.63, 3.8) is 0 Å². The third-order valence-electron chi connectivity index (χ3n) is 4.98. The minimum absolute atomic E-state index is 0.00965. The van der Waals surface area contributed by atoms with Crippen LogP contribution in [0.3, 0.4) is 0 Å². The van der Waals surface area contributed by atoms with Gasteiger partial charge in [-0.3, -0.25) is 14.5 Å². The molecule has 0 radical (unpaired) electrons. The third-order valence-corrected chi connectivity index (χ3v) is 5.31. The molecule has 0 bridgehead atoms. The molecule has 0 unspecified atom stereocenters. The molecule has 148 valence electrons. The summed E-state index contributed by atoms with van der Waals surface area (Å²) in [6.07, 6.45) is 1.82. The van der Waals surface area contributed by atoms with Crippen LogP contribution in [0.15, 0.2) is 24.3 Å². The summed E-state index contributed by atoms with van der Waals surface area (Å²) in [5.74, 6) is 0.0577. The van der Waals surface area contributed by atoms with Gasteiger partial charge >= 0.3 is 0 Å². The van der Waals surface area contributed by atoms with E-state index in [0.717, 1.165) is 25.9 Å². The predicted octanol–water partition coefficient (Wildman–Crippen LogP) is 1.82. The van der Waals surface area contributed by atoms with Gasteiger partial charge in [0.2, 0.25) is 11.8 Å². The number of carbonyl (C=O) groups is 2. The molecule has 8 heteroatoms. The van der Waals surface area contributed by atoms with Gasteiger partial charge in [-0.2, -0.15) is 0 Å². The molecular weight excluding hydrogens is 370 g/mol. The first kappa shape index (κ1) is 20.1. The van der Waals surface area contributed by atoms with Gasteiger partial charge in [-0.05, 0) is 38.1 Å². The molecule has 0 aromatic heterocycles. The minimum Gasteiger partial charge on any atom is -0.350 e. The number of anilines is 1. The molecule has 0 aliphatic carbocycles. The van der Waals surface area contributed by atoms with Crippen molar-refractivity contribution in [3.8, 4) is 0 Å². The lowest BCUT2D eigenvalue weighted by molar-refractivity contribution is -0.135. The number of amides is 2. The van der Waals surface area contributed by atoms with E-state index in [2.05, 4.69) is 10.2 Å². The summed E-state index contributed by atoms with van der Waals surface area (Å²) in [4.78, 5) is 28.2. The van der Waals surface area contributed by atoms with Crippen LogP contribution < -0.4 is 5.32 Å². The zero-order valence-corrected chi connectivity index (χ0v) is 16.3. The number of likely N-dealkylation sites (tertiary alicyclic amines) is 1. The summed E-state index contributed by atoms with van der Waals surface area (Å²) in [7, 11) is 1.64. The molecule has 2 fully saturated rings. The van der Waals surface area contributed by atoms with Gasteiger partial charge in [0, 0.05) is 13.0 Å². The second-order valence-electron chi connectivity index (χ2n) is 7.00. The van der Waals surface area contributed by atoms with E-state index in [4.69, 9.17) is 21.1 Å². The fourth-order valence-electron chi connectivity index (χ4n) is 3.40. The van der Waals surface area contributed by atoms with Crippen molar-refractivity contribution in [2.75, 3.05) is 51.8 Å². The Balaban J connectivity index is 1.40. The van der Waals surface area contributed by atoms with Gasteiger partial charge < -0.3 is 19.7 Å². The molecule has 2 heterocycles. The maximum Gasteiger partial charge on any atom is 0.244 e. The van der Waals surface area contributed by atoms with Crippen molar-refractivity contribution in [3.05, 3.63) is 29.3 Å². The quantitative estimate of drug-likeness (QED) is 0.795. The van der Waals surface area contributed by atoms with Crippen LogP contribution in [0, 0.1) is 5.92 Å². The van der Waals surface area contributed by atoms with Crippen LogP contribution in [0.1, 0.15) is 12.8 Å². The minimum atomic E-state index is -0.270. The summed E-state index contributed by atoms with van der Waals surface area (Å²) >= 11 is 6.04. The van der Waals surface area contributed by atoms with Crippen LogP contribution >= 0.6 is 11.6 Å². The molecule has 27 heavy (non-hydrogen) atoms. The van der Waals surface area contributed by atoms with Crippen LogP contribution in [0.25, 0.3) is 0 Å². The number of para-hydroxylation sites is 1. The molecule has 1 aromatic rings. The number of rotatable bonds is 6. The maximum atomic E-state index is 12.4. The molecule has 0 spiro atoms. The Hall–Kier alpha value is -1.67. The van der Waals surface area contributed by atoms with Gasteiger partial charge in [0.05, 0.1) is 37.0 Å². The van der Waals surface area contributed by atoms with E-state index in [1.54, 1.807) is 31.3 Å². The van der Waals surface area contributed by atoms with Crippen LogP contribution in [0.5, 0.6) is 0 Å². The lowest BCUT2D eigenvalue weighted by Gasteiger charge is -2.34. The summed E-state index contributed by atoms with van der Waals surface area (Å²) in [6, 6.07) is 7.02. The van der Waals surface area contributed by atoms with Crippen molar-refractivity contribution >= 4 is 29.1 Å². The molecular formula is C19H26ClN3O4. The van der Waals surface area contributed by atoms with Crippen LogP contribution in [0.4, 0.5) is 5.69 Å². The monoisotopic (exact) mass is 395 g/mol. The number of likely N-dealkylation sites (N-methyl/N-ethyl adjacent to an activating group) is 1. The van der Waals surface area contributed by atoms with Gasteiger partial charge in [0.25, 0.3) is 0 Å². The zero-order valence-electron chi connectivity index (χ0n) is 15.5. The van der Waals surface area contributed by atoms with Crippen molar-refractivity contribution in [1.82, 2.24) is 9.80 Å². The summed E-state index contributed by atoms with van der Waals surface area (Å²) in [5.41, 5.74) is 0.545. The van der Waals surface area contributed by atoms with Gasteiger partial charge in [-0.25, -0.2) is 0 Å². The topological polar surface area (TPSA) is 71.1 Å². The molecule has 2 saturated heterocycles. The number of ether oxygens (including phenoxy) is 2. The molecule has 2 amide bonds. The molecule has 3 rings (SSSR count). The first-order chi connectivity index (χ1) is 13.0. The standard InChI is InChI=1S/C19H26ClN3O4/c1-22(12-17(24)21-16-5-3-2-4-15(16)20)18(25)13-23-8-6-14(7-9-23)19-26-10-11-27-19/h2-5,14,19H,6-13H2,1H3,(H,21,24). The fraction of sp³-hybridized carbons (Fsp3) is 0.579. The number of hydrogen-bond acceptors (Lipinski definition) is 5. The van der Waals surface area contributed by atoms with Gasteiger partial charge in [-0.15, -0.1) is 0 Å². The maximum absolute atomic E-state index is 12.4. The summed E-state index contributed by atoms with van der Waals surface area (Å²) in [6.45, 7) is 3.31. The first-order valence-electron chi connectivity index (χ1n) is 9.27. The van der Waals surface area contributed by atoms with E-state index in [9.17, 15) is 9.59 Å². The third kappa shape index (κ3) is 5.65. The van der Waals surface area contributed by atoms with E-state index in [1.807, 2.05) is 0 Å². The molecule has 0 saturated carbocycles. The molecule has 0 atom stereocenters. The average Bonchev–Trinajstić information content (AvgIpc) is 3.19. The van der Waals surface area contributed by atoms with Gasteiger partial charge in [0.1, 0.15) is 0 Å². The number of hydrogen-bond donors (Lipinski definition) is 1. The second-order valence-corrected chi connectivity index (χ2v) is 7.41. The molecule has 1 N–H and O–H groups in total. The van der Waals surface area contributed by atoms with E-state index in [1.165, 1.54) is 4.90 Å². The molecule has 1 aromatic carbocycles. The number of nitrogens with one attached hydrogen (secondary N) is 1. The Labute approximate surface area is 164 Å². The van der Waals surface area contributed by atoms with Crippen molar-refractivity contribution < 1.29 is 19.1 Å². The lowest BCUT2D eigenvalue weighted by Crippen LogP contribution is -2.45. The SMILES string of the molecule is CN(CC(=O)Nc1ccccc1Cl)C(=O)CN1CCC(C2OCCO2)CC1. The van der Waals surface area contributed by atoms with Gasteiger partial charge in [0.15, 0.2) is 6.29 Å². The highest BCUT2D eigenvalue weighted by molar-refractivity contribution is 6.33. The highest BCUT2D eigenvalue weighted by Crippen LogP contribution is 2.25. The normalized spacial score (nSPS) is 19.2. The number of halogens is 1. The number of benzene rings is 1. The van der Waals surface area contributed by atoms with E-state index >= 15 is 0 Å². The van der Waals surface area contributed by atoms with Crippen molar-refractivity contribution in [2.45, 2.75) is 19.1 Å². The Bertz CT molecular complexity index is 658. The summed E-state index contributed by atoms with van der Waals surface area (Å²) in [5, 5.41) is 3.20. The van der Waals surface area contributed by atoms with E-state index in [0.29, 0.717) is 36.4 Å². The first-order valence-corrected chi connectivity index (χ1v) is 9.64. The Morgan fingerprint density at radius 3 is 2.56 bits per heavy atom. The highest BCUT2D eigenvalue weighted by atomic mass is 35.5. The largest absolute Gasteiger partial charge is 0.350 e.